The third-order valence-corrected chi connectivity index (χ3v) is 6.06. The first-order valence-electron chi connectivity index (χ1n) is 9.41. The zero-order chi connectivity index (χ0) is 17.9. The van der Waals surface area contributed by atoms with Crippen LogP contribution in [0.3, 0.4) is 0 Å². The number of aliphatic hydroxyl groups is 1. The summed E-state index contributed by atoms with van der Waals surface area (Å²) in [6, 6.07) is 7.91. The van der Waals surface area contributed by atoms with Crippen LogP contribution in [0.25, 0.3) is 0 Å². The molecule has 0 aliphatic rings. The molecule has 0 aromatic heterocycles. The van der Waals surface area contributed by atoms with Crippen LogP contribution in [0.4, 0.5) is 0 Å². The van der Waals surface area contributed by atoms with Gasteiger partial charge in [0.1, 0.15) is 0 Å². The van der Waals surface area contributed by atoms with E-state index in [4.69, 9.17) is 0 Å². The molecule has 1 rings (SSSR count). The molecule has 1 aromatic rings. The van der Waals surface area contributed by atoms with E-state index in [9.17, 15) is 9.32 Å². The Morgan fingerprint density at radius 1 is 1.08 bits per heavy atom. The van der Waals surface area contributed by atoms with Crippen molar-refractivity contribution in [3.63, 3.8) is 0 Å². The fourth-order valence-corrected chi connectivity index (χ4v) is 4.35. The second-order valence-electron chi connectivity index (χ2n) is 6.61. The van der Waals surface area contributed by atoms with E-state index in [1.165, 1.54) is 5.56 Å². The summed E-state index contributed by atoms with van der Waals surface area (Å²) in [5.74, 6) is 0.281. The van der Waals surface area contributed by atoms with Gasteiger partial charge in [-0.1, -0.05) is 64.2 Å². The predicted molar refractivity (Wildman–Crippen MR) is 105 cm³/mol. The number of hydrogen-bond acceptors (Lipinski definition) is 2. The standard InChI is InChI=1S/C21H34O2S/c1-5-8-10-18(7-3)21(16-19(22)11-9-6-2)24(23)20-14-12-17(4)13-15-20/h12-16,18-19,22H,5-11H2,1-4H3/b21-16-/t18-,19+,24?/m0/s1. The van der Waals surface area contributed by atoms with Crippen molar-refractivity contribution < 1.29 is 9.32 Å². The molecule has 3 heteroatoms. The SMILES string of the molecule is CCCC[C@H](CC)/C(=C/[C@H](O)CCCC)S(=O)c1ccc(C)cc1. The quantitative estimate of drug-likeness (QED) is 0.551. The zero-order valence-electron chi connectivity index (χ0n) is 15.8. The lowest BCUT2D eigenvalue weighted by molar-refractivity contribution is 0.208. The van der Waals surface area contributed by atoms with Crippen LogP contribution in [-0.2, 0) is 10.8 Å². The van der Waals surface area contributed by atoms with E-state index in [0.29, 0.717) is 0 Å². The Bertz CT molecular complexity index is 519. The maximum atomic E-state index is 13.2. The number of allylic oxidation sites excluding steroid dienone is 1. The number of rotatable bonds is 11. The molecule has 0 aliphatic heterocycles. The Morgan fingerprint density at radius 3 is 2.21 bits per heavy atom. The molecule has 1 aromatic carbocycles. The highest BCUT2D eigenvalue weighted by atomic mass is 32.2. The molecule has 0 bridgehead atoms. The highest BCUT2D eigenvalue weighted by Crippen LogP contribution is 2.29. The third kappa shape index (κ3) is 6.90. The van der Waals surface area contributed by atoms with Gasteiger partial charge in [-0.15, -0.1) is 0 Å². The topological polar surface area (TPSA) is 37.3 Å². The average Bonchev–Trinajstić information content (AvgIpc) is 2.59. The minimum Gasteiger partial charge on any atom is -0.389 e. The van der Waals surface area contributed by atoms with Crippen molar-refractivity contribution in [1.82, 2.24) is 0 Å². The van der Waals surface area contributed by atoms with Gasteiger partial charge in [0, 0.05) is 9.80 Å². The van der Waals surface area contributed by atoms with Crippen molar-refractivity contribution in [3.05, 3.63) is 40.8 Å². The van der Waals surface area contributed by atoms with Crippen molar-refractivity contribution in [2.45, 2.75) is 83.6 Å². The highest BCUT2D eigenvalue weighted by molar-refractivity contribution is 7.89. The van der Waals surface area contributed by atoms with Crippen molar-refractivity contribution in [2.24, 2.45) is 5.92 Å². The highest BCUT2D eigenvalue weighted by Gasteiger charge is 2.21. The molecule has 1 N–H and O–H groups in total. The van der Waals surface area contributed by atoms with Gasteiger partial charge in [0.05, 0.1) is 16.9 Å². The van der Waals surface area contributed by atoms with Crippen LogP contribution in [0.15, 0.2) is 40.1 Å². The predicted octanol–water partition coefficient (Wildman–Crippen LogP) is 5.75. The molecule has 136 valence electrons. The maximum absolute atomic E-state index is 13.2. The molecule has 0 heterocycles. The van der Waals surface area contributed by atoms with Crippen LogP contribution in [0, 0.1) is 12.8 Å². The fourth-order valence-electron chi connectivity index (χ4n) is 2.83. The summed E-state index contributed by atoms with van der Waals surface area (Å²) in [6.07, 6.45) is 8.46. The van der Waals surface area contributed by atoms with Gasteiger partial charge >= 0.3 is 0 Å². The Labute approximate surface area is 150 Å². The van der Waals surface area contributed by atoms with E-state index in [2.05, 4.69) is 20.8 Å². The van der Waals surface area contributed by atoms with Crippen LogP contribution in [0.2, 0.25) is 0 Å². The summed E-state index contributed by atoms with van der Waals surface area (Å²) in [6.45, 7) is 8.49. The second kappa shape index (κ2) is 11.6. The van der Waals surface area contributed by atoms with E-state index >= 15 is 0 Å². The largest absolute Gasteiger partial charge is 0.389 e. The lowest BCUT2D eigenvalue weighted by Crippen LogP contribution is -2.13. The van der Waals surface area contributed by atoms with Gasteiger partial charge in [-0.2, -0.15) is 0 Å². The average molecular weight is 351 g/mol. The summed E-state index contributed by atoms with van der Waals surface area (Å²) in [5.41, 5.74) is 1.17. The van der Waals surface area contributed by atoms with E-state index < -0.39 is 16.9 Å². The monoisotopic (exact) mass is 350 g/mol. The summed E-state index contributed by atoms with van der Waals surface area (Å²) >= 11 is 0. The second-order valence-corrected chi connectivity index (χ2v) is 8.09. The van der Waals surface area contributed by atoms with E-state index in [1.54, 1.807) is 0 Å². The van der Waals surface area contributed by atoms with Gasteiger partial charge in [-0.3, -0.25) is 0 Å². The van der Waals surface area contributed by atoms with Crippen LogP contribution in [0.5, 0.6) is 0 Å². The van der Waals surface area contributed by atoms with E-state index in [0.717, 1.165) is 54.7 Å². The molecule has 0 spiro atoms. The van der Waals surface area contributed by atoms with Gasteiger partial charge in [-0.25, -0.2) is 4.21 Å². The molecule has 2 nitrogen and oxygen atoms in total. The molecule has 0 fully saturated rings. The normalized spacial score (nSPS) is 16.0. The van der Waals surface area contributed by atoms with Gasteiger partial charge < -0.3 is 5.11 Å². The molecular weight excluding hydrogens is 316 g/mol. The Hall–Kier alpha value is -0.930. The minimum atomic E-state index is -1.19. The van der Waals surface area contributed by atoms with E-state index in [-0.39, 0.29) is 5.92 Å². The molecule has 0 saturated carbocycles. The van der Waals surface area contributed by atoms with Crippen LogP contribution in [-0.4, -0.2) is 15.4 Å². The van der Waals surface area contributed by atoms with E-state index in [1.807, 2.05) is 37.3 Å². The number of hydrogen-bond donors (Lipinski definition) is 1. The first-order chi connectivity index (χ1) is 11.5. The lowest BCUT2D eigenvalue weighted by atomic mass is 9.97. The van der Waals surface area contributed by atoms with Crippen LogP contribution in [0.1, 0.15) is 71.3 Å². The molecule has 0 saturated heterocycles. The third-order valence-electron chi connectivity index (χ3n) is 4.46. The molecule has 24 heavy (non-hydrogen) atoms. The number of benzene rings is 1. The maximum Gasteiger partial charge on any atom is 0.0808 e. The summed E-state index contributed by atoms with van der Waals surface area (Å²) < 4.78 is 13.2. The molecule has 1 unspecified atom stereocenters. The molecule has 3 atom stereocenters. The Balaban J connectivity index is 3.07. The first kappa shape index (κ1) is 21.1. The van der Waals surface area contributed by atoms with Crippen LogP contribution < -0.4 is 0 Å². The van der Waals surface area contributed by atoms with Crippen molar-refractivity contribution >= 4 is 10.8 Å². The molecule has 0 aliphatic carbocycles. The smallest absolute Gasteiger partial charge is 0.0808 e. The van der Waals surface area contributed by atoms with Crippen molar-refractivity contribution in [1.29, 1.82) is 0 Å². The number of unbranched alkanes of at least 4 members (excludes halogenated alkanes) is 2. The Kier molecular flexibility index (Phi) is 10.2. The fraction of sp³-hybridized carbons (Fsp3) is 0.619. The summed E-state index contributed by atoms with van der Waals surface area (Å²) in [4.78, 5) is 1.75. The number of aliphatic hydroxyl groups excluding tert-OH is 1. The molecule has 0 amide bonds. The number of aryl methyl sites for hydroxylation is 1. The van der Waals surface area contributed by atoms with Crippen molar-refractivity contribution in [3.8, 4) is 0 Å². The van der Waals surface area contributed by atoms with Gasteiger partial charge in [0.15, 0.2) is 0 Å². The first-order valence-corrected chi connectivity index (χ1v) is 10.6. The van der Waals surface area contributed by atoms with Gasteiger partial charge in [0.2, 0.25) is 0 Å². The summed E-state index contributed by atoms with van der Waals surface area (Å²) in [5, 5.41) is 10.3. The molecular formula is C21H34O2S. The van der Waals surface area contributed by atoms with Crippen LogP contribution >= 0.6 is 0 Å². The zero-order valence-corrected chi connectivity index (χ0v) is 16.6. The van der Waals surface area contributed by atoms with Gasteiger partial charge in [-0.05, 0) is 50.3 Å². The van der Waals surface area contributed by atoms with Gasteiger partial charge in [0.25, 0.3) is 0 Å². The Morgan fingerprint density at radius 2 is 1.67 bits per heavy atom. The molecule has 0 radical (unpaired) electrons. The minimum absolute atomic E-state index is 0.281. The van der Waals surface area contributed by atoms with Crippen molar-refractivity contribution in [2.75, 3.05) is 0 Å². The lowest BCUT2D eigenvalue weighted by Gasteiger charge is -2.20. The summed E-state index contributed by atoms with van der Waals surface area (Å²) in [7, 11) is -1.19.